The van der Waals surface area contributed by atoms with Crippen LogP contribution in [0.15, 0.2) is 34.8 Å². The van der Waals surface area contributed by atoms with Crippen LogP contribution in [0.25, 0.3) is 0 Å². The molecule has 1 unspecified atom stereocenters. The van der Waals surface area contributed by atoms with E-state index in [0.717, 1.165) is 12.1 Å². The molecule has 2 rings (SSSR count). The first-order valence-corrected chi connectivity index (χ1v) is 7.12. The average molecular weight is 386 g/mol. The van der Waals surface area contributed by atoms with Gasteiger partial charge in [-0.2, -0.15) is 0 Å². The van der Waals surface area contributed by atoms with Gasteiger partial charge in [-0.05, 0) is 45.8 Å². The molecule has 0 N–H and O–H groups in total. The van der Waals surface area contributed by atoms with Crippen LogP contribution >= 0.6 is 50.7 Å². The van der Waals surface area contributed by atoms with E-state index in [9.17, 15) is 8.78 Å². The van der Waals surface area contributed by atoms with Crippen molar-refractivity contribution in [1.29, 1.82) is 0 Å². The fraction of sp³-hybridized carbons (Fsp3) is 0.0769. The van der Waals surface area contributed by atoms with Gasteiger partial charge in [0.1, 0.15) is 11.6 Å². The second kappa shape index (κ2) is 5.96. The Labute approximate surface area is 132 Å². The summed E-state index contributed by atoms with van der Waals surface area (Å²) in [6.07, 6.45) is 0. The second-order valence-electron chi connectivity index (χ2n) is 3.82. The number of rotatable bonds is 2. The highest BCUT2D eigenvalue weighted by molar-refractivity contribution is 9.10. The predicted octanol–water partition coefficient (Wildman–Crippen LogP) is 6.36. The third kappa shape index (κ3) is 3.22. The largest absolute Gasteiger partial charge is 0.207 e. The topological polar surface area (TPSA) is 0 Å². The van der Waals surface area contributed by atoms with Gasteiger partial charge in [0.2, 0.25) is 0 Å². The summed E-state index contributed by atoms with van der Waals surface area (Å²) in [5.41, 5.74) is 0.486. The zero-order chi connectivity index (χ0) is 14.2. The normalized spacial score (nSPS) is 12.5. The Hall–Kier alpha value is -0.350. The Bertz CT molecular complexity index is 632. The summed E-state index contributed by atoms with van der Waals surface area (Å²) in [4.78, 5) is 0. The maximum atomic E-state index is 13.8. The Balaban J connectivity index is 2.49. The van der Waals surface area contributed by atoms with Gasteiger partial charge in [0, 0.05) is 15.6 Å². The van der Waals surface area contributed by atoms with Crippen molar-refractivity contribution in [2.75, 3.05) is 0 Å². The molecule has 6 heteroatoms. The van der Waals surface area contributed by atoms with E-state index in [1.807, 2.05) is 0 Å². The van der Waals surface area contributed by atoms with Crippen LogP contribution < -0.4 is 0 Å². The highest BCUT2D eigenvalue weighted by atomic mass is 79.9. The van der Waals surface area contributed by atoms with Crippen molar-refractivity contribution in [2.45, 2.75) is 5.38 Å². The monoisotopic (exact) mass is 384 g/mol. The molecule has 0 bridgehead atoms. The van der Waals surface area contributed by atoms with Crippen LogP contribution in [0.1, 0.15) is 16.5 Å². The van der Waals surface area contributed by atoms with Gasteiger partial charge in [-0.15, -0.1) is 11.6 Å². The summed E-state index contributed by atoms with van der Waals surface area (Å²) in [6.45, 7) is 0. The minimum atomic E-state index is -0.896. The highest BCUT2D eigenvalue weighted by Gasteiger charge is 2.20. The molecule has 0 nitrogen and oxygen atoms in total. The zero-order valence-electron chi connectivity index (χ0n) is 9.23. The molecule has 0 amide bonds. The minimum absolute atomic E-state index is 0.0200. The maximum absolute atomic E-state index is 13.8. The van der Waals surface area contributed by atoms with Crippen molar-refractivity contribution >= 4 is 50.7 Å². The number of hydrogen-bond acceptors (Lipinski definition) is 0. The van der Waals surface area contributed by atoms with Gasteiger partial charge in [0.15, 0.2) is 0 Å². The summed E-state index contributed by atoms with van der Waals surface area (Å²) >= 11 is 20.9. The predicted molar refractivity (Wildman–Crippen MR) is 78.2 cm³/mol. The molecule has 0 saturated carbocycles. The molecule has 100 valence electrons. The van der Waals surface area contributed by atoms with Crippen molar-refractivity contribution in [3.63, 3.8) is 0 Å². The lowest BCUT2D eigenvalue weighted by molar-refractivity contribution is 0.582. The van der Waals surface area contributed by atoms with Gasteiger partial charge < -0.3 is 0 Å². The Kier molecular flexibility index (Phi) is 4.72. The van der Waals surface area contributed by atoms with Crippen LogP contribution in [0.5, 0.6) is 0 Å². The molecule has 2 aromatic rings. The van der Waals surface area contributed by atoms with E-state index < -0.39 is 17.0 Å². The van der Waals surface area contributed by atoms with E-state index in [4.69, 9.17) is 34.8 Å². The first-order valence-electron chi connectivity index (χ1n) is 5.13. The lowest BCUT2D eigenvalue weighted by Gasteiger charge is -2.14. The lowest BCUT2D eigenvalue weighted by atomic mass is 10.0. The molecule has 0 spiro atoms. The smallest absolute Gasteiger partial charge is 0.137 e. The summed E-state index contributed by atoms with van der Waals surface area (Å²) in [5, 5.41) is -0.150. The van der Waals surface area contributed by atoms with Crippen molar-refractivity contribution in [3.05, 3.63) is 67.6 Å². The van der Waals surface area contributed by atoms with Crippen LogP contribution in [0, 0.1) is 11.6 Å². The molecular formula is C13H6BrCl3F2. The van der Waals surface area contributed by atoms with Gasteiger partial charge in [-0.1, -0.05) is 29.3 Å². The van der Waals surface area contributed by atoms with E-state index in [2.05, 4.69) is 15.9 Å². The van der Waals surface area contributed by atoms with Crippen molar-refractivity contribution in [2.24, 2.45) is 0 Å². The van der Waals surface area contributed by atoms with E-state index in [-0.39, 0.29) is 10.0 Å². The number of hydrogen-bond donors (Lipinski definition) is 0. The molecule has 0 aliphatic heterocycles. The third-order valence-electron chi connectivity index (χ3n) is 2.55. The summed E-state index contributed by atoms with van der Waals surface area (Å²) in [7, 11) is 0. The highest BCUT2D eigenvalue weighted by Crippen LogP contribution is 2.37. The van der Waals surface area contributed by atoms with Gasteiger partial charge >= 0.3 is 0 Å². The molecule has 0 radical (unpaired) electrons. The Morgan fingerprint density at radius 3 is 2.26 bits per heavy atom. The van der Waals surface area contributed by atoms with Gasteiger partial charge in [-0.3, -0.25) is 0 Å². The standard InChI is InChI=1S/C13H6BrCl3F2/c14-9-5-11(18)8(4-12(9)19)13(17)7-2-1-6(15)3-10(7)16/h1-5,13H. The van der Waals surface area contributed by atoms with Gasteiger partial charge in [0.25, 0.3) is 0 Å². The van der Waals surface area contributed by atoms with E-state index in [0.29, 0.717) is 15.6 Å². The van der Waals surface area contributed by atoms with Crippen molar-refractivity contribution in [3.8, 4) is 0 Å². The summed E-state index contributed by atoms with van der Waals surface area (Å²) in [5.74, 6) is -1.20. The maximum Gasteiger partial charge on any atom is 0.137 e. The quantitative estimate of drug-likeness (QED) is 0.416. The molecule has 0 heterocycles. The number of benzene rings is 2. The van der Waals surface area contributed by atoms with Crippen molar-refractivity contribution in [1.82, 2.24) is 0 Å². The lowest BCUT2D eigenvalue weighted by Crippen LogP contribution is -1.99. The first-order chi connectivity index (χ1) is 8.90. The average Bonchev–Trinajstić information content (AvgIpc) is 2.33. The fourth-order valence-corrected chi connectivity index (χ4v) is 2.85. The molecule has 2 aromatic carbocycles. The molecule has 19 heavy (non-hydrogen) atoms. The zero-order valence-corrected chi connectivity index (χ0v) is 13.1. The molecule has 0 saturated heterocycles. The van der Waals surface area contributed by atoms with Crippen LogP contribution in [0.4, 0.5) is 8.78 Å². The summed E-state index contributed by atoms with van der Waals surface area (Å²) in [6, 6.07) is 6.75. The van der Waals surface area contributed by atoms with E-state index in [1.54, 1.807) is 12.1 Å². The van der Waals surface area contributed by atoms with Gasteiger partial charge in [-0.25, -0.2) is 8.78 Å². The fourth-order valence-electron chi connectivity index (χ4n) is 1.61. The number of halogens is 6. The first kappa shape index (κ1) is 15.0. The molecule has 1 atom stereocenters. The Morgan fingerprint density at radius 2 is 1.63 bits per heavy atom. The van der Waals surface area contributed by atoms with Crippen LogP contribution in [-0.2, 0) is 0 Å². The second-order valence-corrected chi connectivity index (χ2v) is 5.95. The minimum Gasteiger partial charge on any atom is -0.207 e. The third-order valence-corrected chi connectivity index (χ3v) is 4.19. The molecule has 0 aliphatic carbocycles. The van der Waals surface area contributed by atoms with Crippen LogP contribution in [0.3, 0.4) is 0 Å². The van der Waals surface area contributed by atoms with E-state index in [1.165, 1.54) is 6.07 Å². The van der Waals surface area contributed by atoms with Gasteiger partial charge in [0.05, 0.1) is 9.85 Å². The molecule has 0 fully saturated rings. The summed E-state index contributed by atoms with van der Waals surface area (Å²) < 4.78 is 27.3. The van der Waals surface area contributed by atoms with Crippen LogP contribution in [0.2, 0.25) is 10.0 Å². The SMILES string of the molecule is Fc1cc(C(Cl)c2ccc(Cl)cc2Cl)c(F)cc1Br. The number of alkyl halides is 1. The van der Waals surface area contributed by atoms with E-state index >= 15 is 0 Å². The Morgan fingerprint density at radius 1 is 0.947 bits per heavy atom. The molecule has 0 aromatic heterocycles. The van der Waals surface area contributed by atoms with Crippen molar-refractivity contribution < 1.29 is 8.78 Å². The molecule has 0 aliphatic rings. The van der Waals surface area contributed by atoms with Crippen LogP contribution in [-0.4, -0.2) is 0 Å². The molecular weight excluding hydrogens is 380 g/mol.